The fourth-order valence-corrected chi connectivity index (χ4v) is 6.43. The minimum Gasteiger partial charge on any atom is -0.495 e. The lowest BCUT2D eigenvalue weighted by molar-refractivity contribution is 0.00621. The van der Waals surface area contributed by atoms with E-state index in [0.717, 1.165) is 10.8 Å². The molecule has 0 amide bonds. The maximum atomic E-state index is 13.1. The van der Waals surface area contributed by atoms with Gasteiger partial charge in [-0.1, -0.05) is 41.9 Å². The lowest BCUT2D eigenvalue weighted by atomic mass is 9.82. The van der Waals surface area contributed by atoms with Crippen LogP contribution in [0.1, 0.15) is 29.6 Å². The van der Waals surface area contributed by atoms with Crippen LogP contribution in [-0.2, 0) is 10.0 Å². The van der Waals surface area contributed by atoms with Crippen molar-refractivity contribution in [1.82, 2.24) is 4.31 Å². The van der Waals surface area contributed by atoms with E-state index in [4.69, 9.17) is 21.1 Å². The maximum Gasteiger partial charge on any atom is 0.243 e. The molecule has 166 valence electrons. The van der Waals surface area contributed by atoms with E-state index in [1.165, 1.54) is 23.5 Å². The van der Waals surface area contributed by atoms with Crippen molar-refractivity contribution in [1.29, 1.82) is 0 Å². The largest absolute Gasteiger partial charge is 0.495 e. The molecule has 1 spiro atoms. The van der Waals surface area contributed by atoms with Gasteiger partial charge in [0.1, 0.15) is 17.1 Å². The Morgan fingerprint density at radius 1 is 1.06 bits per heavy atom. The van der Waals surface area contributed by atoms with Crippen molar-refractivity contribution in [3.05, 3.63) is 65.2 Å². The Balaban J connectivity index is 1.38. The van der Waals surface area contributed by atoms with Gasteiger partial charge in [-0.25, -0.2) is 8.42 Å². The predicted molar refractivity (Wildman–Crippen MR) is 122 cm³/mol. The molecule has 5 rings (SSSR count). The van der Waals surface area contributed by atoms with Crippen molar-refractivity contribution < 1.29 is 22.7 Å². The molecule has 6 nitrogen and oxygen atoms in total. The Bertz CT molecular complexity index is 1330. The summed E-state index contributed by atoms with van der Waals surface area (Å²) < 4.78 is 39.2. The molecule has 1 saturated heterocycles. The number of carbonyl (C=O) groups excluding carboxylic acids is 1. The summed E-state index contributed by atoms with van der Waals surface area (Å²) in [6.45, 7) is 0.532. The van der Waals surface area contributed by atoms with E-state index in [1.54, 1.807) is 6.07 Å². The van der Waals surface area contributed by atoms with Gasteiger partial charge < -0.3 is 9.47 Å². The molecule has 3 aromatic carbocycles. The van der Waals surface area contributed by atoms with Crippen LogP contribution in [0.15, 0.2) is 59.5 Å². The van der Waals surface area contributed by atoms with E-state index in [1.807, 2.05) is 36.4 Å². The molecule has 1 fully saturated rings. The molecule has 2 aliphatic heterocycles. The molecule has 0 aliphatic carbocycles. The Hall–Kier alpha value is -2.61. The van der Waals surface area contributed by atoms with Crippen molar-refractivity contribution in [2.75, 3.05) is 20.2 Å². The maximum absolute atomic E-state index is 13.1. The SMILES string of the molecule is COc1ccc(S(=O)(=O)N2CCC3(CC2)CC(=O)c2c(ccc4ccccc24)O3)cc1Cl. The van der Waals surface area contributed by atoms with Gasteiger partial charge in [-0.2, -0.15) is 4.31 Å². The summed E-state index contributed by atoms with van der Waals surface area (Å²) in [6.07, 6.45) is 1.12. The molecule has 0 aromatic heterocycles. The first-order valence-corrected chi connectivity index (χ1v) is 12.2. The van der Waals surface area contributed by atoms with Gasteiger partial charge >= 0.3 is 0 Å². The second-order valence-corrected chi connectivity index (χ2v) is 10.6. The number of ketones is 1. The van der Waals surface area contributed by atoms with Crippen molar-refractivity contribution >= 4 is 38.2 Å². The number of rotatable bonds is 3. The second-order valence-electron chi connectivity index (χ2n) is 8.25. The molecular formula is C24H22ClNO5S. The zero-order valence-electron chi connectivity index (χ0n) is 17.5. The first kappa shape index (κ1) is 21.2. The van der Waals surface area contributed by atoms with Gasteiger partial charge in [0.05, 0.1) is 29.0 Å². The first-order valence-electron chi connectivity index (χ1n) is 10.4. The first-order chi connectivity index (χ1) is 15.3. The number of hydrogen-bond donors (Lipinski definition) is 0. The number of piperidine rings is 1. The average Bonchev–Trinajstić information content (AvgIpc) is 2.79. The molecule has 2 heterocycles. The van der Waals surface area contributed by atoms with E-state index < -0.39 is 15.6 Å². The van der Waals surface area contributed by atoms with Crippen molar-refractivity contribution in [3.63, 3.8) is 0 Å². The number of benzene rings is 3. The third kappa shape index (κ3) is 3.45. The van der Waals surface area contributed by atoms with Gasteiger partial charge in [0, 0.05) is 25.9 Å². The normalized spacial score (nSPS) is 18.4. The number of fused-ring (bicyclic) bond motifs is 3. The highest BCUT2D eigenvalue weighted by Crippen LogP contribution is 2.42. The third-order valence-corrected chi connectivity index (χ3v) is 8.56. The summed E-state index contributed by atoms with van der Waals surface area (Å²) in [5.41, 5.74) is -0.0625. The Morgan fingerprint density at radius 3 is 2.53 bits per heavy atom. The number of ether oxygens (including phenoxy) is 2. The van der Waals surface area contributed by atoms with Crippen LogP contribution in [0.25, 0.3) is 10.8 Å². The highest BCUT2D eigenvalue weighted by molar-refractivity contribution is 7.89. The lowest BCUT2D eigenvalue weighted by Gasteiger charge is -2.43. The second kappa shape index (κ2) is 7.76. The minimum absolute atomic E-state index is 0.0429. The fourth-order valence-electron chi connectivity index (χ4n) is 4.64. The molecule has 0 N–H and O–H groups in total. The summed E-state index contributed by atoms with van der Waals surface area (Å²) >= 11 is 6.13. The standard InChI is InChI=1S/C24H22ClNO5S/c1-30-21-9-7-17(14-19(21)25)32(28,29)26-12-10-24(11-13-26)15-20(27)23-18-5-3-2-4-16(18)6-8-22(23)31-24/h2-9,14H,10-13,15H2,1H3. The average molecular weight is 472 g/mol. The molecule has 0 radical (unpaired) electrons. The van der Waals surface area contributed by atoms with Crippen LogP contribution in [0.4, 0.5) is 0 Å². The quantitative estimate of drug-likeness (QED) is 0.554. The summed E-state index contributed by atoms with van der Waals surface area (Å²) in [5.74, 6) is 1.04. The molecule has 32 heavy (non-hydrogen) atoms. The van der Waals surface area contributed by atoms with Crippen LogP contribution >= 0.6 is 11.6 Å². The van der Waals surface area contributed by atoms with Crippen molar-refractivity contribution in [2.24, 2.45) is 0 Å². The molecule has 3 aromatic rings. The molecule has 8 heteroatoms. The van der Waals surface area contributed by atoms with Crippen LogP contribution in [0, 0.1) is 0 Å². The van der Waals surface area contributed by atoms with Gasteiger partial charge in [0.25, 0.3) is 0 Å². The zero-order chi connectivity index (χ0) is 22.5. The van der Waals surface area contributed by atoms with E-state index in [0.29, 0.717) is 29.9 Å². The summed E-state index contributed by atoms with van der Waals surface area (Å²) in [7, 11) is -2.24. The highest BCUT2D eigenvalue weighted by atomic mass is 35.5. The summed E-state index contributed by atoms with van der Waals surface area (Å²) in [5, 5.41) is 2.13. The van der Waals surface area contributed by atoms with Crippen LogP contribution in [0.2, 0.25) is 5.02 Å². The summed E-state index contributed by atoms with van der Waals surface area (Å²) in [6, 6.07) is 16.0. The molecule has 0 atom stereocenters. The van der Waals surface area contributed by atoms with Crippen LogP contribution in [0.3, 0.4) is 0 Å². The van der Waals surface area contributed by atoms with Gasteiger partial charge in [-0.3, -0.25) is 4.79 Å². The topological polar surface area (TPSA) is 72.9 Å². The highest BCUT2D eigenvalue weighted by Gasteiger charge is 2.45. The lowest BCUT2D eigenvalue weighted by Crippen LogP contribution is -2.52. The van der Waals surface area contributed by atoms with Gasteiger partial charge in [-0.15, -0.1) is 0 Å². The third-order valence-electron chi connectivity index (χ3n) is 6.37. The summed E-state index contributed by atoms with van der Waals surface area (Å²) in [4.78, 5) is 13.3. The smallest absolute Gasteiger partial charge is 0.243 e. The van der Waals surface area contributed by atoms with Crippen LogP contribution in [-0.4, -0.2) is 44.3 Å². The van der Waals surface area contributed by atoms with Gasteiger partial charge in [-0.05, 0) is 35.0 Å². The van der Waals surface area contributed by atoms with Gasteiger partial charge in [0.2, 0.25) is 10.0 Å². The fraction of sp³-hybridized carbons (Fsp3) is 0.292. The Kier molecular flexibility index (Phi) is 5.15. The number of methoxy groups -OCH3 is 1. The van der Waals surface area contributed by atoms with Crippen LogP contribution < -0.4 is 9.47 Å². The monoisotopic (exact) mass is 471 g/mol. The van der Waals surface area contributed by atoms with E-state index in [9.17, 15) is 13.2 Å². The van der Waals surface area contributed by atoms with E-state index in [2.05, 4.69) is 0 Å². The Labute approximate surface area is 191 Å². The molecule has 2 aliphatic rings. The number of Topliss-reactive ketones (excluding diaryl/α,β-unsaturated/α-hetero) is 1. The van der Waals surface area contributed by atoms with E-state index in [-0.39, 0.29) is 35.2 Å². The minimum atomic E-state index is -3.71. The number of sulfonamides is 1. The Morgan fingerprint density at radius 2 is 1.81 bits per heavy atom. The van der Waals surface area contributed by atoms with Crippen molar-refractivity contribution in [3.8, 4) is 11.5 Å². The van der Waals surface area contributed by atoms with Crippen molar-refractivity contribution in [2.45, 2.75) is 29.8 Å². The molecule has 0 unspecified atom stereocenters. The molecule has 0 saturated carbocycles. The molecular weight excluding hydrogens is 450 g/mol. The molecule has 0 bridgehead atoms. The predicted octanol–water partition coefficient (Wildman–Crippen LogP) is 4.69. The number of halogens is 1. The van der Waals surface area contributed by atoms with E-state index >= 15 is 0 Å². The number of nitrogens with zero attached hydrogens (tertiary/aromatic N) is 1. The number of hydrogen-bond acceptors (Lipinski definition) is 5. The number of carbonyl (C=O) groups is 1. The van der Waals surface area contributed by atoms with Gasteiger partial charge in [0.15, 0.2) is 5.78 Å². The zero-order valence-corrected chi connectivity index (χ0v) is 19.1. The van der Waals surface area contributed by atoms with Crippen LogP contribution in [0.5, 0.6) is 11.5 Å².